The van der Waals surface area contributed by atoms with Gasteiger partial charge in [-0.3, -0.25) is 0 Å². The van der Waals surface area contributed by atoms with Gasteiger partial charge >= 0.3 is 0 Å². The van der Waals surface area contributed by atoms with E-state index in [0.717, 1.165) is 17.0 Å². The van der Waals surface area contributed by atoms with Gasteiger partial charge in [0.2, 0.25) is 0 Å². The summed E-state index contributed by atoms with van der Waals surface area (Å²) in [6.07, 6.45) is 3.56. The molecular formula is C14H18ClN3O. The molecule has 4 nitrogen and oxygen atoms in total. The zero-order valence-electron chi connectivity index (χ0n) is 11.4. The summed E-state index contributed by atoms with van der Waals surface area (Å²) < 4.78 is 7.82. The first-order chi connectivity index (χ1) is 9.11. The Morgan fingerprint density at radius 1 is 1.47 bits per heavy atom. The molecule has 1 N–H and O–H groups in total. The number of benzene rings is 1. The molecule has 1 heterocycles. The van der Waals surface area contributed by atoms with Crippen molar-refractivity contribution in [2.45, 2.75) is 19.6 Å². The fourth-order valence-corrected chi connectivity index (χ4v) is 2.00. The van der Waals surface area contributed by atoms with Crippen molar-refractivity contribution in [3.8, 4) is 5.75 Å². The fraction of sp³-hybridized carbons (Fsp3) is 0.357. The molecule has 0 aliphatic carbocycles. The number of rotatable bonds is 5. The van der Waals surface area contributed by atoms with Gasteiger partial charge in [0.05, 0.1) is 18.2 Å². The van der Waals surface area contributed by atoms with Gasteiger partial charge in [-0.2, -0.15) is 0 Å². The largest absolute Gasteiger partial charge is 0.487 e. The maximum atomic E-state index is 6.05. The second kappa shape index (κ2) is 6.08. The molecule has 0 bridgehead atoms. The lowest BCUT2D eigenvalue weighted by molar-refractivity contribution is 0.291. The summed E-state index contributed by atoms with van der Waals surface area (Å²) >= 11 is 6.05. The second-order valence-corrected chi connectivity index (χ2v) is 4.91. The first kappa shape index (κ1) is 13.9. The van der Waals surface area contributed by atoms with Gasteiger partial charge in [-0.15, -0.1) is 0 Å². The molecule has 0 amide bonds. The summed E-state index contributed by atoms with van der Waals surface area (Å²) in [4.78, 5) is 4.07. The van der Waals surface area contributed by atoms with Crippen LogP contribution in [0.15, 0.2) is 30.7 Å². The maximum Gasteiger partial charge on any atom is 0.130 e. The standard InChI is InChI=1S/C14H18ClN3O/c1-10(16-2)13-6-11(15)4-5-14(13)19-8-12-7-17-9-18(12)3/h4-7,9-10,16H,8H2,1-3H3. The van der Waals surface area contributed by atoms with Crippen LogP contribution in [0.25, 0.3) is 0 Å². The van der Waals surface area contributed by atoms with Crippen molar-refractivity contribution in [2.24, 2.45) is 7.05 Å². The molecule has 102 valence electrons. The van der Waals surface area contributed by atoms with Crippen molar-refractivity contribution in [1.29, 1.82) is 0 Å². The smallest absolute Gasteiger partial charge is 0.130 e. The molecule has 19 heavy (non-hydrogen) atoms. The summed E-state index contributed by atoms with van der Waals surface area (Å²) in [5.74, 6) is 0.840. The maximum absolute atomic E-state index is 6.05. The van der Waals surface area contributed by atoms with E-state index in [0.29, 0.717) is 11.6 Å². The van der Waals surface area contributed by atoms with Crippen molar-refractivity contribution in [2.75, 3.05) is 7.05 Å². The summed E-state index contributed by atoms with van der Waals surface area (Å²) in [6, 6.07) is 5.86. The van der Waals surface area contributed by atoms with E-state index in [9.17, 15) is 0 Å². The van der Waals surface area contributed by atoms with Gasteiger partial charge < -0.3 is 14.6 Å². The van der Waals surface area contributed by atoms with E-state index in [1.165, 1.54) is 0 Å². The molecule has 0 fully saturated rings. The number of imidazole rings is 1. The molecule has 2 aromatic rings. The second-order valence-electron chi connectivity index (χ2n) is 4.48. The van der Waals surface area contributed by atoms with E-state index in [1.807, 2.05) is 36.9 Å². The van der Waals surface area contributed by atoms with Gasteiger partial charge in [0.15, 0.2) is 0 Å². The highest BCUT2D eigenvalue weighted by Gasteiger charge is 2.11. The number of ether oxygens (including phenoxy) is 1. The Morgan fingerprint density at radius 3 is 2.89 bits per heavy atom. The van der Waals surface area contributed by atoms with Crippen LogP contribution >= 0.6 is 11.6 Å². The van der Waals surface area contributed by atoms with Crippen molar-refractivity contribution in [3.63, 3.8) is 0 Å². The Kier molecular flexibility index (Phi) is 4.45. The van der Waals surface area contributed by atoms with Crippen molar-refractivity contribution < 1.29 is 4.74 Å². The van der Waals surface area contributed by atoms with E-state index >= 15 is 0 Å². The van der Waals surface area contributed by atoms with Crippen molar-refractivity contribution in [3.05, 3.63) is 47.0 Å². The Hall–Kier alpha value is -1.52. The lowest BCUT2D eigenvalue weighted by Gasteiger charge is -2.17. The summed E-state index contributed by atoms with van der Waals surface area (Å²) in [6.45, 7) is 2.56. The molecule has 1 aromatic heterocycles. The van der Waals surface area contributed by atoms with Gasteiger partial charge in [-0.05, 0) is 32.2 Å². The van der Waals surface area contributed by atoms with Crippen molar-refractivity contribution >= 4 is 11.6 Å². The third-order valence-electron chi connectivity index (χ3n) is 3.16. The summed E-state index contributed by atoms with van der Waals surface area (Å²) in [5, 5.41) is 3.91. The molecule has 1 atom stereocenters. The number of hydrogen-bond acceptors (Lipinski definition) is 3. The number of nitrogens with one attached hydrogen (secondary N) is 1. The molecule has 1 aromatic carbocycles. The third-order valence-corrected chi connectivity index (χ3v) is 3.40. The van der Waals surface area contributed by atoms with Gasteiger partial charge in [-0.1, -0.05) is 11.6 Å². The van der Waals surface area contributed by atoms with Gasteiger partial charge in [0, 0.05) is 23.7 Å². The van der Waals surface area contributed by atoms with E-state index in [2.05, 4.69) is 17.2 Å². The molecule has 0 saturated heterocycles. The number of aromatic nitrogens is 2. The highest BCUT2D eigenvalue weighted by Crippen LogP contribution is 2.28. The number of nitrogens with zero attached hydrogens (tertiary/aromatic N) is 2. The Labute approximate surface area is 118 Å². The first-order valence-electron chi connectivity index (χ1n) is 6.16. The molecule has 0 aliphatic heterocycles. The minimum absolute atomic E-state index is 0.181. The summed E-state index contributed by atoms with van der Waals surface area (Å²) in [5.41, 5.74) is 2.08. The first-order valence-corrected chi connectivity index (χ1v) is 6.54. The quantitative estimate of drug-likeness (QED) is 0.915. The third kappa shape index (κ3) is 3.28. The lowest BCUT2D eigenvalue weighted by atomic mass is 10.1. The van der Waals surface area contributed by atoms with Crippen LogP contribution in [-0.2, 0) is 13.7 Å². The van der Waals surface area contributed by atoms with Crippen LogP contribution in [0.4, 0.5) is 0 Å². The minimum atomic E-state index is 0.181. The van der Waals surface area contributed by atoms with Crippen LogP contribution in [0, 0.1) is 0 Å². The van der Waals surface area contributed by atoms with Crippen LogP contribution < -0.4 is 10.1 Å². The topological polar surface area (TPSA) is 39.1 Å². The number of aryl methyl sites for hydroxylation is 1. The Morgan fingerprint density at radius 2 is 2.26 bits per heavy atom. The van der Waals surface area contributed by atoms with E-state index in [-0.39, 0.29) is 6.04 Å². The average Bonchev–Trinajstić information content (AvgIpc) is 2.82. The van der Waals surface area contributed by atoms with E-state index in [1.54, 1.807) is 12.5 Å². The molecule has 0 aliphatic rings. The van der Waals surface area contributed by atoms with Gasteiger partial charge in [0.25, 0.3) is 0 Å². The molecule has 5 heteroatoms. The molecule has 0 saturated carbocycles. The van der Waals surface area contributed by atoms with Gasteiger partial charge in [0.1, 0.15) is 12.4 Å². The minimum Gasteiger partial charge on any atom is -0.487 e. The van der Waals surface area contributed by atoms with Crippen LogP contribution in [0.2, 0.25) is 5.02 Å². The van der Waals surface area contributed by atoms with Crippen LogP contribution in [0.1, 0.15) is 24.2 Å². The van der Waals surface area contributed by atoms with E-state index in [4.69, 9.17) is 16.3 Å². The monoisotopic (exact) mass is 279 g/mol. The number of hydrogen-bond donors (Lipinski definition) is 1. The van der Waals surface area contributed by atoms with Gasteiger partial charge in [-0.25, -0.2) is 4.98 Å². The normalized spacial score (nSPS) is 12.4. The molecule has 0 spiro atoms. The zero-order valence-corrected chi connectivity index (χ0v) is 12.1. The molecular weight excluding hydrogens is 262 g/mol. The predicted molar refractivity (Wildman–Crippen MR) is 76.5 cm³/mol. The highest BCUT2D eigenvalue weighted by atomic mass is 35.5. The lowest BCUT2D eigenvalue weighted by Crippen LogP contribution is -2.14. The van der Waals surface area contributed by atoms with E-state index < -0.39 is 0 Å². The zero-order chi connectivity index (χ0) is 13.8. The average molecular weight is 280 g/mol. The highest BCUT2D eigenvalue weighted by molar-refractivity contribution is 6.30. The van der Waals surface area contributed by atoms with Crippen LogP contribution in [0.5, 0.6) is 5.75 Å². The molecule has 2 rings (SSSR count). The summed E-state index contributed by atoms with van der Waals surface area (Å²) in [7, 11) is 3.86. The van der Waals surface area contributed by atoms with Crippen LogP contribution in [-0.4, -0.2) is 16.6 Å². The Bertz CT molecular complexity index is 553. The van der Waals surface area contributed by atoms with Crippen LogP contribution in [0.3, 0.4) is 0 Å². The molecule has 0 radical (unpaired) electrons. The fourth-order valence-electron chi connectivity index (χ4n) is 1.82. The number of halogens is 1. The predicted octanol–water partition coefficient (Wildman–Crippen LogP) is 2.93. The molecule has 1 unspecified atom stereocenters. The van der Waals surface area contributed by atoms with Crippen molar-refractivity contribution in [1.82, 2.24) is 14.9 Å². The Balaban J connectivity index is 2.18. The SMILES string of the molecule is CNC(C)c1cc(Cl)ccc1OCc1cncn1C.